The van der Waals surface area contributed by atoms with Crippen molar-refractivity contribution in [1.29, 1.82) is 0 Å². The van der Waals surface area contributed by atoms with Crippen LogP contribution in [0.1, 0.15) is 27.2 Å². The molecule has 0 bridgehead atoms. The van der Waals surface area contributed by atoms with E-state index in [0.29, 0.717) is 12.5 Å². The van der Waals surface area contributed by atoms with E-state index in [2.05, 4.69) is 20.8 Å². The van der Waals surface area contributed by atoms with Gasteiger partial charge in [0.25, 0.3) is 0 Å². The topological polar surface area (TPSA) is 46.2 Å². The van der Waals surface area contributed by atoms with Crippen LogP contribution < -0.4 is 5.73 Å². The summed E-state index contributed by atoms with van der Waals surface area (Å²) in [5.41, 5.74) is 5.44. The Morgan fingerprint density at radius 2 is 2.00 bits per heavy atom. The summed E-state index contributed by atoms with van der Waals surface area (Å²) in [6, 6.07) is 0. The molecule has 0 rings (SSSR count). The van der Waals surface area contributed by atoms with Gasteiger partial charge in [0.1, 0.15) is 0 Å². The molecule has 0 heterocycles. The van der Waals surface area contributed by atoms with E-state index in [4.69, 9.17) is 10.8 Å². The molecule has 10 heavy (non-hydrogen) atoms. The van der Waals surface area contributed by atoms with Crippen molar-refractivity contribution in [1.82, 2.24) is 0 Å². The third-order valence-corrected chi connectivity index (χ3v) is 2.47. The van der Waals surface area contributed by atoms with Crippen molar-refractivity contribution in [2.24, 2.45) is 17.1 Å². The lowest BCUT2D eigenvalue weighted by atomic mass is 9.77. The van der Waals surface area contributed by atoms with E-state index in [1.165, 1.54) is 0 Å². The third-order valence-electron chi connectivity index (χ3n) is 2.47. The molecule has 0 fully saturated rings. The smallest absolute Gasteiger partial charge is 0.0487 e. The summed E-state index contributed by atoms with van der Waals surface area (Å²) in [7, 11) is 0. The monoisotopic (exact) mass is 145 g/mol. The predicted octanol–water partition coefficient (Wildman–Crippen LogP) is 0.990. The van der Waals surface area contributed by atoms with Crippen LogP contribution >= 0.6 is 0 Å². The lowest BCUT2D eigenvalue weighted by molar-refractivity contribution is 0.0879. The second-order valence-electron chi connectivity index (χ2n) is 3.51. The molecule has 0 aromatic carbocycles. The van der Waals surface area contributed by atoms with Gasteiger partial charge in [-0.15, -0.1) is 0 Å². The summed E-state index contributed by atoms with van der Waals surface area (Å²) in [6.45, 7) is 7.21. The largest absolute Gasteiger partial charge is 0.396 e. The van der Waals surface area contributed by atoms with Crippen LogP contribution in [0.25, 0.3) is 0 Å². The van der Waals surface area contributed by atoms with Gasteiger partial charge in [-0.1, -0.05) is 20.8 Å². The Labute approximate surface area is 63.4 Å². The number of hydrogen-bond donors (Lipinski definition) is 2. The average molecular weight is 145 g/mol. The third kappa shape index (κ3) is 2.27. The van der Waals surface area contributed by atoms with Gasteiger partial charge in [-0.3, -0.25) is 0 Å². The minimum Gasteiger partial charge on any atom is -0.396 e. The predicted molar refractivity (Wildman–Crippen MR) is 43.7 cm³/mol. The van der Waals surface area contributed by atoms with Gasteiger partial charge in [-0.25, -0.2) is 0 Å². The molecule has 0 aromatic heterocycles. The van der Waals surface area contributed by atoms with Gasteiger partial charge in [0.05, 0.1) is 0 Å². The second-order valence-corrected chi connectivity index (χ2v) is 3.51. The van der Waals surface area contributed by atoms with Gasteiger partial charge < -0.3 is 10.8 Å². The zero-order valence-electron chi connectivity index (χ0n) is 7.22. The van der Waals surface area contributed by atoms with Crippen LogP contribution in [0.15, 0.2) is 0 Å². The van der Waals surface area contributed by atoms with Crippen molar-refractivity contribution < 1.29 is 5.11 Å². The van der Waals surface area contributed by atoms with Gasteiger partial charge >= 0.3 is 0 Å². The van der Waals surface area contributed by atoms with Crippen LogP contribution in [0.4, 0.5) is 0 Å². The molecule has 0 aliphatic carbocycles. The average Bonchev–Trinajstić information content (AvgIpc) is 1.88. The Bertz CT molecular complexity index is 93.3. The number of aliphatic hydroxyl groups excluding tert-OH is 1. The van der Waals surface area contributed by atoms with Crippen LogP contribution in [-0.2, 0) is 0 Å². The first-order valence-electron chi connectivity index (χ1n) is 3.87. The van der Waals surface area contributed by atoms with E-state index in [1.807, 2.05) is 0 Å². The Balaban J connectivity index is 3.94. The number of hydrogen-bond acceptors (Lipinski definition) is 2. The zero-order chi connectivity index (χ0) is 8.20. The molecule has 0 aromatic rings. The molecular formula is C8H19NO. The lowest BCUT2D eigenvalue weighted by Crippen LogP contribution is -2.30. The van der Waals surface area contributed by atoms with Crippen LogP contribution in [0, 0.1) is 11.3 Å². The Kier molecular flexibility index (Phi) is 3.91. The normalized spacial score (nSPS) is 17.4. The van der Waals surface area contributed by atoms with Crippen molar-refractivity contribution >= 4 is 0 Å². The molecule has 1 atom stereocenters. The fourth-order valence-electron chi connectivity index (χ4n) is 0.880. The maximum absolute atomic E-state index is 9.03. The van der Waals surface area contributed by atoms with E-state index in [-0.39, 0.29) is 12.0 Å². The molecule has 0 aliphatic rings. The Morgan fingerprint density at radius 3 is 2.10 bits per heavy atom. The van der Waals surface area contributed by atoms with E-state index < -0.39 is 0 Å². The molecule has 0 amide bonds. The molecule has 0 saturated heterocycles. The molecule has 0 saturated carbocycles. The first kappa shape index (κ1) is 9.92. The SMILES string of the molecule is CC(C)C(C)(CO)CCN. The molecule has 0 aliphatic heterocycles. The number of rotatable bonds is 4. The molecule has 0 radical (unpaired) electrons. The summed E-state index contributed by atoms with van der Waals surface area (Å²) < 4.78 is 0. The van der Waals surface area contributed by atoms with Crippen molar-refractivity contribution in [3.8, 4) is 0 Å². The second kappa shape index (κ2) is 3.94. The molecule has 1 unspecified atom stereocenters. The van der Waals surface area contributed by atoms with E-state index in [0.717, 1.165) is 6.42 Å². The van der Waals surface area contributed by atoms with E-state index in [9.17, 15) is 0 Å². The van der Waals surface area contributed by atoms with Crippen molar-refractivity contribution in [2.45, 2.75) is 27.2 Å². The molecular weight excluding hydrogens is 126 g/mol. The molecule has 62 valence electrons. The van der Waals surface area contributed by atoms with E-state index >= 15 is 0 Å². The summed E-state index contributed by atoms with van der Waals surface area (Å²) in [6.07, 6.45) is 0.904. The highest BCUT2D eigenvalue weighted by Crippen LogP contribution is 2.29. The minimum atomic E-state index is 0.0226. The summed E-state index contributed by atoms with van der Waals surface area (Å²) in [4.78, 5) is 0. The molecule has 2 nitrogen and oxygen atoms in total. The molecule has 0 spiro atoms. The van der Waals surface area contributed by atoms with Gasteiger partial charge in [0.15, 0.2) is 0 Å². The fourth-order valence-corrected chi connectivity index (χ4v) is 0.880. The van der Waals surface area contributed by atoms with Gasteiger partial charge in [-0.2, -0.15) is 0 Å². The minimum absolute atomic E-state index is 0.0226. The summed E-state index contributed by atoms with van der Waals surface area (Å²) in [5, 5.41) is 9.03. The van der Waals surface area contributed by atoms with Crippen LogP contribution in [0.5, 0.6) is 0 Å². The summed E-state index contributed by atoms with van der Waals surface area (Å²) in [5.74, 6) is 0.501. The Morgan fingerprint density at radius 1 is 1.50 bits per heavy atom. The van der Waals surface area contributed by atoms with Crippen LogP contribution in [0.3, 0.4) is 0 Å². The Hall–Kier alpha value is -0.0800. The quantitative estimate of drug-likeness (QED) is 0.619. The lowest BCUT2D eigenvalue weighted by Gasteiger charge is -2.31. The highest BCUT2D eigenvalue weighted by atomic mass is 16.3. The maximum Gasteiger partial charge on any atom is 0.0487 e. The maximum atomic E-state index is 9.03. The van der Waals surface area contributed by atoms with Crippen molar-refractivity contribution in [2.75, 3.05) is 13.2 Å². The van der Waals surface area contributed by atoms with Gasteiger partial charge in [0.2, 0.25) is 0 Å². The standard InChI is InChI=1S/C8H19NO/c1-7(2)8(3,6-10)4-5-9/h7,10H,4-6,9H2,1-3H3. The van der Waals surface area contributed by atoms with Crippen LogP contribution in [-0.4, -0.2) is 18.3 Å². The number of nitrogens with two attached hydrogens (primary N) is 1. The fraction of sp³-hybridized carbons (Fsp3) is 1.00. The highest BCUT2D eigenvalue weighted by Gasteiger charge is 2.25. The summed E-state index contributed by atoms with van der Waals surface area (Å²) >= 11 is 0. The van der Waals surface area contributed by atoms with Gasteiger partial charge in [-0.05, 0) is 24.3 Å². The zero-order valence-corrected chi connectivity index (χ0v) is 7.22. The van der Waals surface area contributed by atoms with Crippen molar-refractivity contribution in [3.05, 3.63) is 0 Å². The van der Waals surface area contributed by atoms with E-state index in [1.54, 1.807) is 0 Å². The molecule has 3 N–H and O–H groups in total. The van der Waals surface area contributed by atoms with Crippen molar-refractivity contribution in [3.63, 3.8) is 0 Å². The molecule has 2 heteroatoms. The first-order chi connectivity index (χ1) is 4.56. The highest BCUT2D eigenvalue weighted by molar-refractivity contribution is 4.76. The van der Waals surface area contributed by atoms with Gasteiger partial charge in [0, 0.05) is 6.61 Å². The van der Waals surface area contributed by atoms with Crippen LogP contribution in [0.2, 0.25) is 0 Å². The number of aliphatic hydroxyl groups is 1. The first-order valence-corrected chi connectivity index (χ1v) is 3.87.